The zero-order valence-electron chi connectivity index (χ0n) is 17.3. The Hall–Kier alpha value is -3.13. The van der Waals surface area contributed by atoms with Gasteiger partial charge in [-0.3, -0.25) is 4.79 Å². The molecule has 2 heterocycles. The predicted octanol–water partition coefficient (Wildman–Crippen LogP) is 4.10. The minimum absolute atomic E-state index is 0.0988. The second-order valence-electron chi connectivity index (χ2n) is 7.24. The second-order valence-corrected chi connectivity index (χ2v) is 8.55. The third-order valence-corrected chi connectivity index (χ3v) is 6.05. The van der Waals surface area contributed by atoms with Gasteiger partial charge in [0.15, 0.2) is 11.0 Å². The first-order chi connectivity index (χ1) is 14.4. The maximum atomic E-state index is 12.3. The number of fused-ring (bicyclic) bond motifs is 1. The van der Waals surface area contributed by atoms with Crippen LogP contribution in [0.3, 0.4) is 0 Å². The van der Waals surface area contributed by atoms with E-state index in [0.29, 0.717) is 23.3 Å². The molecule has 8 heteroatoms. The monoisotopic (exact) mass is 421 g/mol. The summed E-state index contributed by atoms with van der Waals surface area (Å²) < 4.78 is 7.84. The molecule has 2 aromatic carbocycles. The quantitative estimate of drug-likeness (QED) is 0.472. The smallest absolute Gasteiger partial charge is 0.258 e. The first-order valence-electron chi connectivity index (χ1n) is 9.66. The highest BCUT2D eigenvalue weighted by Crippen LogP contribution is 2.32. The fourth-order valence-corrected chi connectivity index (χ4v) is 4.08. The van der Waals surface area contributed by atoms with Crippen LogP contribution >= 0.6 is 11.8 Å². The molecular weight excluding hydrogens is 398 g/mol. The van der Waals surface area contributed by atoms with Crippen LogP contribution in [0.2, 0.25) is 0 Å². The van der Waals surface area contributed by atoms with E-state index in [2.05, 4.69) is 33.2 Å². The third-order valence-electron chi connectivity index (χ3n) is 4.91. The number of hydrogen-bond acceptors (Lipinski definition) is 6. The maximum absolute atomic E-state index is 12.3. The molecule has 154 valence electrons. The van der Waals surface area contributed by atoms with Crippen LogP contribution < -0.4 is 10.3 Å². The van der Waals surface area contributed by atoms with Crippen molar-refractivity contribution in [2.24, 2.45) is 7.05 Å². The largest absolute Gasteiger partial charge is 0.485 e. The highest BCUT2D eigenvalue weighted by atomic mass is 32.2. The van der Waals surface area contributed by atoms with E-state index in [1.165, 1.54) is 17.3 Å². The lowest BCUT2D eigenvalue weighted by molar-refractivity contribution is 0.288. The molecule has 0 radical (unpaired) electrons. The van der Waals surface area contributed by atoms with Crippen LogP contribution in [-0.2, 0) is 13.7 Å². The fraction of sp³-hybridized carbons (Fsp3) is 0.273. The molecule has 2 aromatic heterocycles. The van der Waals surface area contributed by atoms with E-state index < -0.39 is 0 Å². The first kappa shape index (κ1) is 20.2. The van der Waals surface area contributed by atoms with Crippen molar-refractivity contribution in [3.8, 4) is 5.75 Å². The lowest BCUT2D eigenvalue weighted by Gasteiger charge is -2.12. The summed E-state index contributed by atoms with van der Waals surface area (Å²) in [5.74, 6) is 2.17. The Morgan fingerprint density at radius 3 is 2.77 bits per heavy atom. The van der Waals surface area contributed by atoms with E-state index in [0.717, 1.165) is 22.3 Å². The van der Waals surface area contributed by atoms with Gasteiger partial charge < -0.3 is 14.3 Å². The molecule has 4 rings (SSSR count). The molecule has 30 heavy (non-hydrogen) atoms. The molecule has 0 spiro atoms. The van der Waals surface area contributed by atoms with E-state index in [4.69, 9.17) is 4.74 Å². The van der Waals surface area contributed by atoms with Crippen molar-refractivity contribution in [3.63, 3.8) is 0 Å². The standard InChI is InChI=1S/C22H23N5O2S/c1-13-9-10-18(14(2)11-13)29-12-19-25-26-22(27(19)4)30-15(3)20-23-17-8-6-5-7-16(17)21(28)24-20/h5-11,15H,12H2,1-4H3,(H,23,24,28)/t15-/m1/s1. The summed E-state index contributed by atoms with van der Waals surface area (Å²) in [7, 11) is 1.91. The summed E-state index contributed by atoms with van der Waals surface area (Å²) in [5.41, 5.74) is 2.84. The van der Waals surface area contributed by atoms with Gasteiger partial charge in [-0.25, -0.2) is 4.98 Å². The Labute approximate surface area is 178 Å². The molecule has 0 amide bonds. The van der Waals surface area contributed by atoms with Crippen LogP contribution in [0.15, 0.2) is 52.4 Å². The molecule has 0 aliphatic heterocycles. The average molecular weight is 422 g/mol. The van der Waals surface area contributed by atoms with Crippen molar-refractivity contribution < 1.29 is 4.74 Å². The fourth-order valence-electron chi connectivity index (χ4n) is 3.19. The minimum Gasteiger partial charge on any atom is -0.485 e. The van der Waals surface area contributed by atoms with E-state index in [1.807, 2.05) is 55.8 Å². The highest BCUT2D eigenvalue weighted by Gasteiger charge is 2.17. The van der Waals surface area contributed by atoms with Crippen molar-refractivity contribution in [2.45, 2.75) is 37.8 Å². The number of para-hydroxylation sites is 1. The van der Waals surface area contributed by atoms with Gasteiger partial charge in [0.1, 0.15) is 18.2 Å². The van der Waals surface area contributed by atoms with E-state index >= 15 is 0 Å². The molecule has 0 aliphatic carbocycles. The molecule has 0 saturated heterocycles. The number of aromatic amines is 1. The van der Waals surface area contributed by atoms with E-state index in [9.17, 15) is 4.79 Å². The zero-order valence-corrected chi connectivity index (χ0v) is 18.2. The molecule has 7 nitrogen and oxygen atoms in total. The normalized spacial score (nSPS) is 12.3. The van der Waals surface area contributed by atoms with E-state index in [-0.39, 0.29) is 10.8 Å². The lowest BCUT2D eigenvalue weighted by atomic mass is 10.1. The summed E-state index contributed by atoms with van der Waals surface area (Å²) >= 11 is 1.49. The van der Waals surface area contributed by atoms with Crippen molar-refractivity contribution in [2.75, 3.05) is 0 Å². The van der Waals surface area contributed by atoms with Crippen LogP contribution in [0.4, 0.5) is 0 Å². The van der Waals surface area contributed by atoms with Crippen LogP contribution in [0.5, 0.6) is 5.75 Å². The molecular formula is C22H23N5O2S. The molecule has 0 unspecified atom stereocenters. The summed E-state index contributed by atoms with van der Waals surface area (Å²) in [6, 6.07) is 13.4. The van der Waals surface area contributed by atoms with Gasteiger partial charge in [-0.2, -0.15) is 0 Å². The number of hydrogen-bond donors (Lipinski definition) is 1. The van der Waals surface area contributed by atoms with Gasteiger partial charge in [0.2, 0.25) is 0 Å². The number of rotatable bonds is 6. The summed E-state index contributed by atoms with van der Waals surface area (Å²) in [6.45, 7) is 6.40. The summed E-state index contributed by atoms with van der Waals surface area (Å²) in [5, 5.41) is 9.78. The second kappa shape index (κ2) is 8.31. The molecule has 0 saturated carbocycles. The van der Waals surface area contributed by atoms with Crippen molar-refractivity contribution in [1.29, 1.82) is 0 Å². The van der Waals surface area contributed by atoms with Gasteiger partial charge in [-0.1, -0.05) is 41.6 Å². The van der Waals surface area contributed by atoms with Gasteiger partial charge in [0.05, 0.1) is 16.2 Å². The predicted molar refractivity (Wildman–Crippen MR) is 118 cm³/mol. The Morgan fingerprint density at radius 1 is 1.17 bits per heavy atom. The molecule has 1 atom stereocenters. The number of ether oxygens (including phenoxy) is 1. The highest BCUT2D eigenvalue weighted by molar-refractivity contribution is 7.99. The molecule has 0 fully saturated rings. The molecule has 0 bridgehead atoms. The number of benzene rings is 2. The van der Waals surface area contributed by atoms with Gasteiger partial charge in [0.25, 0.3) is 5.56 Å². The van der Waals surface area contributed by atoms with Gasteiger partial charge >= 0.3 is 0 Å². The summed E-state index contributed by atoms with van der Waals surface area (Å²) in [4.78, 5) is 19.8. The number of nitrogens with one attached hydrogen (secondary N) is 1. The maximum Gasteiger partial charge on any atom is 0.258 e. The topological polar surface area (TPSA) is 85.7 Å². The van der Waals surface area contributed by atoms with Crippen molar-refractivity contribution >= 4 is 22.7 Å². The van der Waals surface area contributed by atoms with Crippen LogP contribution in [-0.4, -0.2) is 24.7 Å². The Morgan fingerprint density at radius 2 is 1.97 bits per heavy atom. The van der Waals surface area contributed by atoms with Gasteiger partial charge in [-0.15, -0.1) is 10.2 Å². The molecule has 0 aliphatic rings. The minimum atomic E-state index is -0.136. The zero-order chi connectivity index (χ0) is 21.3. The van der Waals surface area contributed by atoms with Gasteiger partial charge in [0, 0.05) is 7.05 Å². The number of aromatic nitrogens is 5. The molecule has 4 aromatic rings. The number of aryl methyl sites for hydroxylation is 2. The number of nitrogens with zero attached hydrogens (tertiary/aromatic N) is 4. The van der Waals surface area contributed by atoms with Crippen molar-refractivity contribution in [3.05, 3.63) is 75.6 Å². The molecule has 1 N–H and O–H groups in total. The Bertz CT molecular complexity index is 1260. The average Bonchev–Trinajstić information content (AvgIpc) is 3.07. The first-order valence-corrected chi connectivity index (χ1v) is 10.5. The van der Waals surface area contributed by atoms with E-state index in [1.54, 1.807) is 6.07 Å². The Balaban J connectivity index is 1.49. The van der Waals surface area contributed by atoms with Crippen LogP contribution in [0, 0.1) is 13.8 Å². The lowest BCUT2D eigenvalue weighted by Crippen LogP contribution is -2.13. The Kier molecular flexibility index (Phi) is 5.59. The van der Waals surface area contributed by atoms with Crippen molar-refractivity contribution in [1.82, 2.24) is 24.7 Å². The third kappa shape index (κ3) is 4.09. The number of H-pyrrole nitrogens is 1. The van der Waals surface area contributed by atoms with Crippen LogP contribution in [0.1, 0.15) is 34.9 Å². The van der Waals surface area contributed by atoms with Crippen LogP contribution in [0.25, 0.3) is 10.9 Å². The van der Waals surface area contributed by atoms with Gasteiger partial charge in [-0.05, 0) is 44.5 Å². The SMILES string of the molecule is Cc1ccc(OCc2nnc(S[C@H](C)c3nc4ccccc4c(=O)[nH]3)n2C)c(C)c1. The summed E-state index contributed by atoms with van der Waals surface area (Å²) in [6.07, 6.45) is 0. The number of thioether (sulfide) groups is 1.